The van der Waals surface area contributed by atoms with Crippen molar-refractivity contribution < 1.29 is 0 Å². The molecule has 0 heterocycles. The van der Waals surface area contributed by atoms with Crippen LogP contribution in [-0.2, 0) is 0 Å². The number of hydrogen-bond acceptors (Lipinski definition) is 0. The molecule has 0 aliphatic heterocycles. The molecule has 16 heavy (non-hydrogen) atoms. The summed E-state index contributed by atoms with van der Waals surface area (Å²) in [7, 11) is 0. The van der Waals surface area contributed by atoms with E-state index in [9.17, 15) is 0 Å². The number of allylic oxidation sites excluding steroid dienone is 4. The van der Waals surface area contributed by atoms with E-state index in [1.54, 1.807) is 0 Å². The molecule has 2 rings (SSSR count). The predicted octanol–water partition coefficient (Wildman–Crippen LogP) is 4.69. The lowest BCUT2D eigenvalue weighted by atomic mass is 9.77. The lowest BCUT2D eigenvalue weighted by Gasteiger charge is -2.19. The Kier molecular flexibility index (Phi) is 3.78. The van der Waals surface area contributed by atoms with Crippen molar-refractivity contribution in [3.63, 3.8) is 0 Å². The molecule has 1 aromatic rings. The highest BCUT2D eigenvalue weighted by Crippen LogP contribution is 2.34. The minimum absolute atomic E-state index is 0.403. The van der Waals surface area contributed by atoms with E-state index in [-0.39, 0.29) is 0 Å². The summed E-state index contributed by atoms with van der Waals surface area (Å²) in [5.41, 5.74) is 4.64. The summed E-state index contributed by atoms with van der Waals surface area (Å²) in [5.74, 6) is 0. The van der Waals surface area contributed by atoms with Gasteiger partial charge in [0, 0.05) is 0 Å². The minimum atomic E-state index is -0.403. The number of hydrogen-bond donors (Lipinski definition) is 0. The van der Waals surface area contributed by atoms with Crippen LogP contribution in [0.5, 0.6) is 0 Å². The van der Waals surface area contributed by atoms with Crippen LogP contribution in [0.2, 0.25) is 0 Å². The molecule has 0 amide bonds. The monoisotopic (exact) mass is 250 g/mol. The topological polar surface area (TPSA) is 0 Å². The Balaban J connectivity index is 2.42. The van der Waals surface area contributed by atoms with Crippen LogP contribution in [0.4, 0.5) is 0 Å². The predicted molar refractivity (Wildman–Crippen MR) is 73.8 cm³/mol. The molecular formula is C13H13BCl2. The van der Waals surface area contributed by atoms with Gasteiger partial charge in [0.15, 0.2) is 0 Å². The molecule has 0 N–H and O–H groups in total. The van der Waals surface area contributed by atoms with Crippen molar-refractivity contribution in [1.82, 2.24) is 0 Å². The molecule has 82 valence electrons. The van der Waals surface area contributed by atoms with Crippen LogP contribution < -0.4 is 0 Å². The highest BCUT2D eigenvalue weighted by molar-refractivity contribution is 7.37. The second-order valence-corrected chi connectivity index (χ2v) is 5.20. The third kappa shape index (κ3) is 2.53. The normalized spacial score (nSPS) is 16.1. The average molecular weight is 251 g/mol. The number of halogens is 2. The van der Waals surface area contributed by atoms with Crippen LogP contribution in [-0.4, -0.2) is 5.54 Å². The molecule has 0 spiro atoms. The number of benzene rings is 1. The van der Waals surface area contributed by atoms with Gasteiger partial charge in [-0.15, -0.1) is 0 Å². The molecule has 1 aliphatic rings. The Bertz CT molecular complexity index is 433. The molecule has 0 bridgehead atoms. The smallest absolute Gasteiger partial charge is 0.165 e. The zero-order valence-corrected chi connectivity index (χ0v) is 10.7. The van der Waals surface area contributed by atoms with Crippen LogP contribution in [0.3, 0.4) is 0 Å². The van der Waals surface area contributed by atoms with Crippen molar-refractivity contribution in [3.05, 3.63) is 53.0 Å². The van der Waals surface area contributed by atoms with Gasteiger partial charge in [0.25, 0.3) is 0 Å². The zero-order valence-electron chi connectivity index (χ0n) is 9.21. The number of rotatable bonds is 2. The summed E-state index contributed by atoms with van der Waals surface area (Å²) in [6.45, 7) is 2.15. The molecule has 1 aliphatic carbocycles. The van der Waals surface area contributed by atoms with Crippen LogP contribution in [0.25, 0.3) is 5.57 Å². The maximum absolute atomic E-state index is 6.03. The van der Waals surface area contributed by atoms with Crippen LogP contribution in [0.1, 0.15) is 25.3 Å². The van der Waals surface area contributed by atoms with Gasteiger partial charge in [-0.3, -0.25) is 0 Å². The Hall–Kier alpha value is -0.655. The quantitative estimate of drug-likeness (QED) is 0.528. The largest absolute Gasteiger partial charge is 0.379 e. The van der Waals surface area contributed by atoms with Crippen molar-refractivity contribution in [2.45, 2.75) is 19.8 Å². The highest BCUT2D eigenvalue weighted by atomic mass is 35.5. The first kappa shape index (κ1) is 11.8. The van der Waals surface area contributed by atoms with Gasteiger partial charge in [0.1, 0.15) is 0 Å². The molecule has 0 aromatic heterocycles. The highest BCUT2D eigenvalue weighted by Gasteiger charge is 2.21. The molecule has 0 saturated heterocycles. The van der Waals surface area contributed by atoms with E-state index in [0.717, 1.165) is 18.3 Å². The fourth-order valence-electron chi connectivity index (χ4n) is 2.02. The summed E-state index contributed by atoms with van der Waals surface area (Å²) >= 11 is 12.1. The van der Waals surface area contributed by atoms with Crippen molar-refractivity contribution >= 4 is 34.0 Å². The lowest BCUT2D eigenvalue weighted by Crippen LogP contribution is -2.07. The molecule has 1 aromatic carbocycles. The van der Waals surface area contributed by atoms with Gasteiger partial charge in [0.05, 0.1) is 0 Å². The lowest BCUT2D eigenvalue weighted by molar-refractivity contribution is 1.12. The molecular weight excluding hydrogens is 238 g/mol. The second kappa shape index (κ2) is 5.12. The van der Waals surface area contributed by atoms with Gasteiger partial charge in [-0.05, 0) is 30.9 Å². The molecule has 0 saturated carbocycles. The third-order valence-corrected chi connectivity index (χ3v) is 3.43. The van der Waals surface area contributed by atoms with E-state index in [0.29, 0.717) is 0 Å². The van der Waals surface area contributed by atoms with E-state index >= 15 is 0 Å². The summed E-state index contributed by atoms with van der Waals surface area (Å²) in [4.78, 5) is 0. The maximum atomic E-state index is 6.03. The first-order valence-corrected chi connectivity index (χ1v) is 6.27. The molecule has 0 fully saturated rings. The van der Waals surface area contributed by atoms with Crippen LogP contribution in [0, 0.1) is 0 Å². The maximum Gasteiger partial charge on any atom is 0.379 e. The fraction of sp³-hybridized carbons (Fsp3) is 0.231. The van der Waals surface area contributed by atoms with Gasteiger partial charge < -0.3 is 0 Å². The van der Waals surface area contributed by atoms with Gasteiger partial charge in [-0.1, -0.05) is 47.5 Å². The Morgan fingerprint density at radius 1 is 1.12 bits per heavy atom. The Labute approximate surface area is 107 Å². The summed E-state index contributed by atoms with van der Waals surface area (Å²) in [6, 6.07) is 10.3. The van der Waals surface area contributed by atoms with Crippen LogP contribution >= 0.6 is 22.9 Å². The van der Waals surface area contributed by atoms with Gasteiger partial charge in [0.2, 0.25) is 0 Å². The fourth-order valence-corrected chi connectivity index (χ4v) is 2.46. The van der Waals surface area contributed by atoms with Crippen molar-refractivity contribution in [3.8, 4) is 0 Å². The van der Waals surface area contributed by atoms with Crippen molar-refractivity contribution in [1.29, 1.82) is 0 Å². The standard InChI is InChI=1S/C13H13BCl2/c1-10-7-8-13(14(15)16)12(9-10)11-5-3-2-4-6-11/h2-7H,8-9H2,1H3. The minimum Gasteiger partial charge on any atom is -0.165 e. The molecule has 0 radical (unpaired) electrons. The van der Waals surface area contributed by atoms with Crippen LogP contribution in [0.15, 0.2) is 47.5 Å². The first-order valence-electron chi connectivity index (χ1n) is 5.39. The van der Waals surface area contributed by atoms with E-state index in [2.05, 4.69) is 25.1 Å². The van der Waals surface area contributed by atoms with Gasteiger partial charge in [-0.2, -0.15) is 22.9 Å². The molecule has 0 atom stereocenters. The van der Waals surface area contributed by atoms with Crippen molar-refractivity contribution in [2.75, 3.05) is 0 Å². The van der Waals surface area contributed by atoms with E-state index < -0.39 is 5.54 Å². The average Bonchev–Trinajstić information content (AvgIpc) is 2.29. The van der Waals surface area contributed by atoms with Gasteiger partial charge in [-0.25, -0.2) is 0 Å². The summed E-state index contributed by atoms with van der Waals surface area (Å²) < 4.78 is 0. The molecule has 3 heteroatoms. The van der Waals surface area contributed by atoms with E-state index in [1.807, 2.05) is 18.2 Å². The summed E-state index contributed by atoms with van der Waals surface area (Å²) in [5, 5.41) is 0. The summed E-state index contributed by atoms with van der Waals surface area (Å²) in [6.07, 6.45) is 4.03. The van der Waals surface area contributed by atoms with E-state index in [4.69, 9.17) is 22.9 Å². The van der Waals surface area contributed by atoms with E-state index in [1.165, 1.54) is 16.7 Å². The molecule has 0 nitrogen and oxygen atoms in total. The second-order valence-electron chi connectivity index (χ2n) is 4.10. The zero-order chi connectivity index (χ0) is 11.5. The Morgan fingerprint density at radius 2 is 1.81 bits per heavy atom. The van der Waals surface area contributed by atoms with Gasteiger partial charge >= 0.3 is 5.54 Å². The Morgan fingerprint density at radius 3 is 2.44 bits per heavy atom. The molecule has 0 unspecified atom stereocenters. The van der Waals surface area contributed by atoms with Crippen molar-refractivity contribution in [2.24, 2.45) is 0 Å². The third-order valence-electron chi connectivity index (χ3n) is 2.90. The first-order chi connectivity index (χ1) is 7.68. The SMILES string of the molecule is CC1=CCC(B(Cl)Cl)=C(c2ccccc2)C1.